The fourth-order valence-electron chi connectivity index (χ4n) is 1.51. The van der Waals surface area contributed by atoms with Crippen molar-refractivity contribution >= 4 is 12.8 Å². The SMILES string of the molecule is CC.CCC1(CN)CCN(S)C1. The molecule has 0 bridgehead atoms. The van der Waals surface area contributed by atoms with Gasteiger partial charge < -0.3 is 5.73 Å². The molecule has 0 saturated carbocycles. The van der Waals surface area contributed by atoms with Crippen LogP contribution in [0, 0.1) is 5.41 Å². The molecule has 0 radical (unpaired) electrons. The summed E-state index contributed by atoms with van der Waals surface area (Å²) in [6, 6.07) is 0. The molecular weight excluding hydrogens is 168 g/mol. The summed E-state index contributed by atoms with van der Waals surface area (Å²) in [5, 5.41) is 0. The second kappa shape index (κ2) is 5.84. The van der Waals surface area contributed by atoms with Crippen molar-refractivity contribution < 1.29 is 0 Å². The summed E-state index contributed by atoms with van der Waals surface area (Å²) < 4.78 is 2.07. The molecule has 1 saturated heterocycles. The van der Waals surface area contributed by atoms with Gasteiger partial charge in [0.2, 0.25) is 0 Å². The van der Waals surface area contributed by atoms with Crippen LogP contribution in [0.1, 0.15) is 33.6 Å². The summed E-state index contributed by atoms with van der Waals surface area (Å²) in [6.07, 6.45) is 2.39. The minimum absolute atomic E-state index is 0.377. The second-order valence-corrected chi connectivity index (χ2v) is 3.76. The van der Waals surface area contributed by atoms with E-state index in [1.807, 2.05) is 13.8 Å². The van der Waals surface area contributed by atoms with Crippen molar-refractivity contribution in [1.82, 2.24) is 4.31 Å². The van der Waals surface area contributed by atoms with Gasteiger partial charge in [-0.05, 0) is 24.8 Å². The summed E-state index contributed by atoms with van der Waals surface area (Å²) >= 11 is 4.29. The monoisotopic (exact) mass is 190 g/mol. The van der Waals surface area contributed by atoms with E-state index < -0.39 is 0 Å². The van der Waals surface area contributed by atoms with E-state index >= 15 is 0 Å². The molecule has 1 unspecified atom stereocenters. The Morgan fingerprint density at radius 1 is 1.50 bits per heavy atom. The first-order valence-electron chi connectivity index (χ1n) is 4.86. The van der Waals surface area contributed by atoms with Crippen LogP contribution in [-0.2, 0) is 0 Å². The van der Waals surface area contributed by atoms with Crippen LogP contribution in [0.3, 0.4) is 0 Å². The highest BCUT2D eigenvalue weighted by molar-refractivity contribution is 7.77. The first-order valence-corrected chi connectivity index (χ1v) is 5.26. The lowest BCUT2D eigenvalue weighted by molar-refractivity contribution is 0.308. The van der Waals surface area contributed by atoms with Gasteiger partial charge in [0, 0.05) is 13.1 Å². The van der Waals surface area contributed by atoms with Crippen LogP contribution in [0.4, 0.5) is 0 Å². The quantitative estimate of drug-likeness (QED) is 0.651. The first kappa shape index (κ1) is 12.3. The standard InChI is InChI=1S/C7H16N2S.C2H6/c1-2-7(5-8)3-4-9(10)6-7;1-2/h10H,2-6,8H2,1H3;1-2H3. The molecule has 2 nitrogen and oxygen atoms in total. The highest BCUT2D eigenvalue weighted by Crippen LogP contribution is 2.33. The number of thiol groups is 1. The zero-order chi connectivity index (χ0) is 9.61. The third kappa shape index (κ3) is 2.96. The maximum absolute atomic E-state index is 5.68. The predicted octanol–water partition coefficient (Wildman–Crippen LogP) is 1.92. The maximum atomic E-state index is 5.68. The summed E-state index contributed by atoms with van der Waals surface area (Å²) in [7, 11) is 0. The van der Waals surface area contributed by atoms with E-state index in [-0.39, 0.29) is 0 Å². The Balaban J connectivity index is 0.000000561. The van der Waals surface area contributed by atoms with E-state index in [2.05, 4.69) is 24.0 Å². The molecular formula is C9H22N2S. The Bertz CT molecular complexity index is 113. The van der Waals surface area contributed by atoms with Gasteiger partial charge >= 0.3 is 0 Å². The molecule has 0 aromatic carbocycles. The van der Waals surface area contributed by atoms with Crippen LogP contribution in [-0.4, -0.2) is 23.9 Å². The lowest BCUT2D eigenvalue weighted by Crippen LogP contribution is -2.31. The Labute approximate surface area is 82.0 Å². The summed E-state index contributed by atoms with van der Waals surface area (Å²) in [4.78, 5) is 0. The molecule has 1 rings (SSSR count). The largest absolute Gasteiger partial charge is 0.330 e. The molecule has 74 valence electrons. The minimum Gasteiger partial charge on any atom is -0.330 e. The summed E-state index contributed by atoms with van der Waals surface area (Å²) in [5.41, 5.74) is 6.06. The topological polar surface area (TPSA) is 29.3 Å². The van der Waals surface area contributed by atoms with Crippen LogP contribution < -0.4 is 5.73 Å². The number of hydrogen-bond acceptors (Lipinski definition) is 3. The lowest BCUT2D eigenvalue weighted by atomic mass is 9.85. The Morgan fingerprint density at radius 3 is 2.25 bits per heavy atom. The molecule has 0 aromatic heterocycles. The normalized spacial score (nSPS) is 29.8. The van der Waals surface area contributed by atoms with Gasteiger partial charge in [0.25, 0.3) is 0 Å². The number of rotatable bonds is 2. The van der Waals surface area contributed by atoms with Crippen LogP contribution in [0.15, 0.2) is 0 Å². The average Bonchev–Trinajstić information content (AvgIpc) is 2.52. The number of hydrogen-bond donors (Lipinski definition) is 2. The molecule has 0 amide bonds. The Morgan fingerprint density at radius 2 is 2.08 bits per heavy atom. The zero-order valence-corrected chi connectivity index (χ0v) is 9.40. The van der Waals surface area contributed by atoms with Crippen LogP contribution >= 0.6 is 12.8 Å². The molecule has 2 N–H and O–H groups in total. The third-order valence-corrected chi connectivity index (χ3v) is 2.94. The van der Waals surface area contributed by atoms with E-state index in [9.17, 15) is 0 Å². The average molecular weight is 190 g/mol. The van der Waals surface area contributed by atoms with E-state index in [0.29, 0.717) is 5.41 Å². The first-order chi connectivity index (χ1) is 5.72. The molecule has 1 heterocycles. The van der Waals surface area contributed by atoms with Crippen molar-refractivity contribution in [3.8, 4) is 0 Å². The Hall–Kier alpha value is 0.270. The Kier molecular flexibility index (Phi) is 5.97. The minimum atomic E-state index is 0.377. The molecule has 1 aliphatic rings. The third-order valence-electron chi connectivity index (χ3n) is 2.60. The molecule has 12 heavy (non-hydrogen) atoms. The summed E-state index contributed by atoms with van der Waals surface area (Å²) in [6.45, 7) is 9.16. The van der Waals surface area contributed by atoms with Crippen LogP contribution in [0.5, 0.6) is 0 Å². The van der Waals surface area contributed by atoms with Crippen molar-refractivity contribution in [2.75, 3.05) is 19.6 Å². The molecule has 0 aromatic rings. The van der Waals surface area contributed by atoms with Gasteiger partial charge in [-0.25, -0.2) is 0 Å². The van der Waals surface area contributed by atoms with Crippen LogP contribution in [0.2, 0.25) is 0 Å². The maximum Gasteiger partial charge on any atom is 0.0156 e. The molecule has 3 heteroatoms. The molecule has 1 atom stereocenters. The van der Waals surface area contributed by atoms with Gasteiger partial charge in [-0.15, -0.1) is 0 Å². The van der Waals surface area contributed by atoms with Gasteiger partial charge in [-0.2, -0.15) is 0 Å². The second-order valence-electron chi connectivity index (χ2n) is 3.20. The van der Waals surface area contributed by atoms with Crippen molar-refractivity contribution in [3.05, 3.63) is 0 Å². The van der Waals surface area contributed by atoms with E-state index in [0.717, 1.165) is 19.6 Å². The highest BCUT2D eigenvalue weighted by Gasteiger charge is 2.33. The van der Waals surface area contributed by atoms with Crippen molar-refractivity contribution in [2.24, 2.45) is 11.1 Å². The van der Waals surface area contributed by atoms with Crippen molar-refractivity contribution in [2.45, 2.75) is 33.6 Å². The fraction of sp³-hybridized carbons (Fsp3) is 1.00. The fourth-order valence-corrected chi connectivity index (χ4v) is 1.91. The van der Waals surface area contributed by atoms with E-state index in [1.54, 1.807) is 0 Å². The van der Waals surface area contributed by atoms with Crippen molar-refractivity contribution in [3.63, 3.8) is 0 Å². The van der Waals surface area contributed by atoms with Crippen LogP contribution in [0.25, 0.3) is 0 Å². The van der Waals surface area contributed by atoms with Gasteiger partial charge in [0.1, 0.15) is 0 Å². The number of nitrogens with two attached hydrogens (primary N) is 1. The number of nitrogens with zero attached hydrogens (tertiary/aromatic N) is 1. The molecule has 0 aliphatic carbocycles. The predicted molar refractivity (Wildman–Crippen MR) is 58.3 cm³/mol. The zero-order valence-electron chi connectivity index (χ0n) is 8.51. The van der Waals surface area contributed by atoms with Gasteiger partial charge in [0.05, 0.1) is 0 Å². The van der Waals surface area contributed by atoms with Gasteiger partial charge in [-0.1, -0.05) is 33.6 Å². The lowest BCUT2D eigenvalue weighted by Gasteiger charge is -2.24. The molecule has 1 fully saturated rings. The van der Waals surface area contributed by atoms with E-state index in [1.165, 1.54) is 12.8 Å². The van der Waals surface area contributed by atoms with Crippen molar-refractivity contribution in [1.29, 1.82) is 0 Å². The van der Waals surface area contributed by atoms with Gasteiger partial charge in [0.15, 0.2) is 0 Å². The molecule has 1 aliphatic heterocycles. The highest BCUT2D eigenvalue weighted by atomic mass is 32.1. The summed E-state index contributed by atoms with van der Waals surface area (Å²) in [5.74, 6) is 0. The smallest absolute Gasteiger partial charge is 0.0156 e. The van der Waals surface area contributed by atoms with E-state index in [4.69, 9.17) is 5.73 Å². The van der Waals surface area contributed by atoms with Gasteiger partial charge in [-0.3, -0.25) is 4.31 Å². The molecule has 0 spiro atoms.